The van der Waals surface area contributed by atoms with Gasteiger partial charge in [-0.2, -0.15) is 5.10 Å². The molecule has 2 amide bonds. The normalized spacial score (nSPS) is 15.9. The molecule has 1 atom stereocenters. The van der Waals surface area contributed by atoms with E-state index < -0.39 is 22.0 Å². The molecule has 9 nitrogen and oxygen atoms in total. The second-order valence-corrected chi connectivity index (χ2v) is 8.52. The Hall–Kier alpha value is -3.50. The van der Waals surface area contributed by atoms with Gasteiger partial charge in [0, 0.05) is 16.8 Å². The number of carbonyl (C=O) groups excluding carboxylic acids is 2. The Bertz CT molecular complexity index is 1230. The van der Waals surface area contributed by atoms with Crippen LogP contribution in [-0.2, 0) is 19.6 Å². The van der Waals surface area contributed by atoms with Crippen molar-refractivity contribution in [3.05, 3.63) is 60.2 Å². The van der Waals surface area contributed by atoms with Gasteiger partial charge in [0.05, 0.1) is 17.0 Å². The third kappa shape index (κ3) is 3.70. The maximum atomic E-state index is 12.9. The van der Waals surface area contributed by atoms with Crippen LogP contribution in [0, 0.1) is 6.92 Å². The Morgan fingerprint density at radius 2 is 1.83 bits per heavy atom. The Morgan fingerprint density at radius 3 is 2.47 bits per heavy atom. The molecule has 2 heterocycles. The number of nitrogens with zero attached hydrogens (tertiary/aromatic N) is 2. The summed E-state index contributed by atoms with van der Waals surface area (Å²) < 4.78 is 24.3. The van der Waals surface area contributed by atoms with Gasteiger partial charge >= 0.3 is 0 Å². The van der Waals surface area contributed by atoms with Crippen LogP contribution in [0.2, 0.25) is 0 Å². The highest BCUT2D eigenvalue weighted by molar-refractivity contribution is 7.89. The van der Waals surface area contributed by atoms with Crippen molar-refractivity contribution in [1.29, 1.82) is 0 Å². The second-order valence-electron chi connectivity index (χ2n) is 6.96. The molecule has 0 saturated carbocycles. The van der Waals surface area contributed by atoms with Crippen molar-refractivity contribution in [2.24, 2.45) is 5.14 Å². The van der Waals surface area contributed by atoms with Crippen LogP contribution in [0.5, 0.6) is 0 Å². The summed E-state index contributed by atoms with van der Waals surface area (Å²) in [7, 11) is -3.82. The molecule has 1 unspecified atom stereocenters. The summed E-state index contributed by atoms with van der Waals surface area (Å²) in [6.45, 7) is 1.84. The number of primary sulfonamides is 1. The lowest BCUT2D eigenvalue weighted by Crippen LogP contribution is -2.35. The van der Waals surface area contributed by atoms with E-state index in [2.05, 4.69) is 15.7 Å². The van der Waals surface area contributed by atoms with Gasteiger partial charge in [0.1, 0.15) is 11.9 Å². The predicted molar refractivity (Wildman–Crippen MR) is 111 cm³/mol. The van der Waals surface area contributed by atoms with Crippen molar-refractivity contribution in [3.8, 4) is 11.3 Å². The highest BCUT2D eigenvalue weighted by Crippen LogP contribution is 2.34. The molecular formula is C20H19N5O4S. The van der Waals surface area contributed by atoms with Gasteiger partial charge in [0.15, 0.2) is 0 Å². The molecule has 154 valence electrons. The second kappa shape index (κ2) is 7.39. The summed E-state index contributed by atoms with van der Waals surface area (Å²) in [6, 6.07) is 14.1. The van der Waals surface area contributed by atoms with Crippen molar-refractivity contribution in [2.45, 2.75) is 24.3 Å². The summed E-state index contributed by atoms with van der Waals surface area (Å²) in [5.74, 6) is -0.235. The minimum Gasteiger partial charge on any atom is -0.324 e. The van der Waals surface area contributed by atoms with E-state index in [0.29, 0.717) is 17.2 Å². The van der Waals surface area contributed by atoms with E-state index >= 15 is 0 Å². The number of fused-ring (bicyclic) bond motifs is 1. The number of aromatic nitrogens is 2. The van der Waals surface area contributed by atoms with E-state index in [1.807, 2.05) is 37.3 Å². The van der Waals surface area contributed by atoms with E-state index in [9.17, 15) is 18.0 Å². The standard InChI is InChI=1S/C20H19N5O4S/c1-12-18(13-5-3-2-4-6-13)24-25-16(11-17(26)23-19(12)25)20(27)22-14-7-9-15(10-8-14)30(21,28)29/h2-10,16H,11H2,1H3,(H,22,27)(H,23,26)(H2,21,28,29). The molecule has 0 fully saturated rings. The van der Waals surface area contributed by atoms with Gasteiger partial charge in [0.25, 0.3) is 0 Å². The number of hydrogen-bond donors (Lipinski definition) is 3. The van der Waals surface area contributed by atoms with Crippen LogP contribution in [0.1, 0.15) is 18.0 Å². The highest BCUT2D eigenvalue weighted by atomic mass is 32.2. The summed E-state index contributed by atoms with van der Waals surface area (Å²) >= 11 is 0. The average Bonchev–Trinajstić information content (AvgIpc) is 3.04. The molecular weight excluding hydrogens is 406 g/mol. The minimum absolute atomic E-state index is 0.0602. The van der Waals surface area contributed by atoms with Crippen LogP contribution in [-0.4, -0.2) is 30.0 Å². The molecule has 10 heteroatoms. The molecule has 2 aromatic carbocycles. The van der Waals surface area contributed by atoms with E-state index in [1.165, 1.54) is 28.9 Å². The van der Waals surface area contributed by atoms with Crippen molar-refractivity contribution in [1.82, 2.24) is 9.78 Å². The van der Waals surface area contributed by atoms with Gasteiger partial charge in [-0.05, 0) is 31.2 Å². The molecule has 0 spiro atoms. The molecule has 30 heavy (non-hydrogen) atoms. The largest absolute Gasteiger partial charge is 0.324 e. The summed E-state index contributed by atoms with van der Waals surface area (Å²) in [6.07, 6.45) is -0.0660. The van der Waals surface area contributed by atoms with E-state index in [4.69, 9.17) is 5.14 Å². The zero-order valence-electron chi connectivity index (χ0n) is 16.0. The van der Waals surface area contributed by atoms with Crippen LogP contribution in [0.4, 0.5) is 11.5 Å². The van der Waals surface area contributed by atoms with Crippen LogP contribution < -0.4 is 15.8 Å². The number of nitrogens with two attached hydrogens (primary N) is 1. The van der Waals surface area contributed by atoms with Gasteiger partial charge in [-0.15, -0.1) is 0 Å². The lowest BCUT2D eigenvalue weighted by molar-refractivity contribution is -0.125. The number of benzene rings is 2. The smallest absolute Gasteiger partial charge is 0.249 e. The molecule has 0 saturated heterocycles. The number of hydrogen-bond acceptors (Lipinski definition) is 5. The monoisotopic (exact) mass is 425 g/mol. The third-order valence-electron chi connectivity index (χ3n) is 4.88. The maximum absolute atomic E-state index is 12.9. The van der Waals surface area contributed by atoms with E-state index in [0.717, 1.165) is 11.1 Å². The van der Waals surface area contributed by atoms with Crippen molar-refractivity contribution in [3.63, 3.8) is 0 Å². The summed E-state index contributed by atoms with van der Waals surface area (Å²) in [5, 5.41) is 15.2. The topological polar surface area (TPSA) is 136 Å². The van der Waals surface area contributed by atoms with Crippen LogP contribution in [0.25, 0.3) is 11.3 Å². The molecule has 1 aliphatic rings. The van der Waals surface area contributed by atoms with E-state index in [-0.39, 0.29) is 17.2 Å². The van der Waals surface area contributed by atoms with Crippen LogP contribution in [0.3, 0.4) is 0 Å². The number of amides is 2. The number of carbonyl (C=O) groups is 2. The number of nitrogens with one attached hydrogen (secondary N) is 2. The molecule has 0 aliphatic carbocycles. The van der Waals surface area contributed by atoms with Gasteiger partial charge in [0.2, 0.25) is 21.8 Å². The Kier molecular flexibility index (Phi) is 4.88. The molecule has 1 aliphatic heterocycles. The first-order valence-corrected chi connectivity index (χ1v) is 10.7. The quantitative estimate of drug-likeness (QED) is 0.587. The van der Waals surface area contributed by atoms with E-state index in [1.54, 1.807) is 0 Å². The predicted octanol–water partition coefficient (Wildman–Crippen LogP) is 2.03. The number of anilines is 2. The molecule has 0 bridgehead atoms. The lowest BCUT2D eigenvalue weighted by atomic mass is 10.1. The average molecular weight is 425 g/mol. The van der Waals surface area contributed by atoms with Gasteiger partial charge in [-0.3, -0.25) is 9.59 Å². The zero-order chi connectivity index (χ0) is 21.5. The van der Waals surface area contributed by atoms with Crippen LogP contribution >= 0.6 is 0 Å². The third-order valence-corrected chi connectivity index (χ3v) is 5.81. The lowest BCUT2D eigenvalue weighted by Gasteiger charge is -2.24. The molecule has 4 N–H and O–H groups in total. The minimum atomic E-state index is -3.82. The Balaban J connectivity index is 1.64. The Labute approximate surface area is 172 Å². The molecule has 4 rings (SSSR count). The fourth-order valence-corrected chi connectivity index (χ4v) is 3.88. The van der Waals surface area contributed by atoms with Crippen molar-refractivity contribution < 1.29 is 18.0 Å². The molecule has 1 aromatic heterocycles. The van der Waals surface area contributed by atoms with Crippen molar-refractivity contribution in [2.75, 3.05) is 10.6 Å². The first-order chi connectivity index (χ1) is 14.2. The maximum Gasteiger partial charge on any atom is 0.249 e. The zero-order valence-corrected chi connectivity index (χ0v) is 16.8. The first kappa shape index (κ1) is 19.8. The number of sulfonamides is 1. The van der Waals surface area contributed by atoms with Crippen molar-refractivity contribution >= 4 is 33.3 Å². The SMILES string of the molecule is Cc1c(-c2ccccc2)nn2c1NC(=O)CC2C(=O)Nc1ccc(S(N)(=O)=O)cc1. The highest BCUT2D eigenvalue weighted by Gasteiger charge is 2.34. The molecule has 3 aromatic rings. The van der Waals surface area contributed by atoms with Gasteiger partial charge < -0.3 is 10.6 Å². The fourth-order valence-electron chi connectivity index (χ4n) is 3.37. The first-order valence-electron chi connectivity index (χ1n) is 9.12. The van der Waals surface area contributed by atoms with Gasteiger partial charge in [-0.1, -0.05) is 30.3 Å². The molecule has 0 radical (unpaired) electrons. The van der Waals surface area contributed by atoms with Gasteiger partial charge in [-0.25, -0.2) is 18.2 Å². The fraction of sp³-hybridized carbons (Fsp3) is 0.150. The Morgan fingerprint density at radius 1 is 1.17 bits per heavy atom. The van der Waals surface area contributed by atoms with Crippen LogP contribution in [0.15, 0.2) is 59.5 Å². The summed E-state index contributed by atoms with van der Waals surface area (Å²) in [5.41, 5.74) is 2.71. The summed E-state index contributed by atoms with van der Waals surface area (Å²) in [4.78, 5) is 25.1. The number of rotatable bonds is 4.